The maximum absolute atomic E-state index is 2.33. The molecule has 0 amide bonds. The number of benzene rings is 1. The zero-order valence-electron chi connectivity index (χ0n) is 10.2. The molecule has 0 aromatic heterocycles. The topological polar surface area (TPSA) is 0 Å². The summed E-state index contributed by atoms with van der Waals surface area (Å²) in [6, 6.07) is 9.02. The molecule has 0 atom stereocenters. The van der Waals surface area contributed by atoms with Crippen LogP contribution in [0.25, 0.3) is 5.57 Å². The maximum atomic E-state index is 2.33. The normalized spacial score (nSPS) is 15.3. The number of hydrogen-bond donors (Lipinski definition) is 0. The molecule has 0 spiro atoms. The van der Waals surface area contributed by atoms with E-state index in [1.165, 1.54) is 36.0 Å². The lowest BCUT2D eigenvalue weighted by Crippen LogP contribution is -1.94. The predicted molar refractivity (Wildman–Crippen MR) is 71.3 cm³/mol. The Kier molecular flexibility index (Phi) is 3.61. The largest absolute Gasteiger partial charge is 0.0836 e. The molecule has 1 aromatic carbocycles. The van der Waals surface area contributed by atoms with E-state index in [1.807, 2.05) is 0 Å². The van der Waals surface area contributed by atoms with E-state index < -0.39 is 0 Å². The fourth-order valence-electron chi connectivity index (χ4n) is 2.13. The van der Waals surface area contributed by atoms with Crippen molar-refractivity contribution in [3.63, 3.8) is 0 Å². The predicted octanol–water partition coefficient (Wildman–Crippen LogP) is 4.62. The summed E-state index contributed by atoms with van der Waals surface area (Å²) in [5.74, 6) is 0.736. The third kappa shape index (κ3) is 2.85. The van der Waals surface area contributed by atoms with Gasteiger partial charge < -0.3 is 0 Å². The Balaban J connectivity index is 2.13. The third-order valence-corrected chi connectivity index (χ3v) is 2.93. The Hall–Kier alpha value is -1.30. The van der Waals surface area contributed by atoms with Gasteiger partial charge in [-0.15, -0.1) is 0 Å². The number of hydrogen-bond acceptors (Lipinski definition) is 0. The van der Waals surface area contributed by atoms with Crippen LogP contribution in [0.15, 0.2) is 42.5 Å². The van der Waals surface area contributed by atoms with Crippen molar-refractivity contribution < 1.29 is 0 Å². The molecule has 0 heteroatoms. The number of rotatable bonds is 3. The van der Waals surface area contributed by atoms with E-state index in [0.29, 0.717) is 0 Å². The van der Waals surface area contributed by atoms with Crippen molar-refractivity contribution in [2.75, 3.05) is 0 Å². The minimum Gasteiger partial charge on any atom is -0.0836 e. The van der Waals surface area contributed by atoms with E-state index in [4.69, 9.17) is 0 Å². The van der Waals surface area contributed by atoms with Crippen LogP contribution in [0.1, 0.15) is 37.8 Å². The Morgan fingerprint density at radius 2 is 1.81 bits per heavy atom. The average Bonchev–Trinajstić information content (AvgIpc) is 2.30. The van der Waals surface area contributed by atoms with E-state index in [2.05, 4.69) is 56.3 Å². The molecule has 84 valence electrons. The van der Waals surface area contributed by atoms with Gasteiger partial charge in [0.25, 0.3) is 0 Å². The quantitative estimate of drug-likeness (QED) is 0.686. The number of allylic oxidation sites excluding steroid dienone is 4. The summed E-state index contributed by atoms with van der Waals surface area (Å²) in [5, 5.41) is 0. The highest BCUT2D eigenvalue weighted by Crippen LogP contribution is 2.22. The van der Waals surface area contributed by atoms with Crippen LogP contribution >= 0.6 is 0 Å². The summed E-state index contributed by atoms with van der Waals surface area (Å²) in [7, 11) is 0. The highest BCUT2D eigenvalue weighted by molar-refractivity contribution is 5.74. The van der Waals surface area contributed by atoms with Crippen molar-refractivity contribution in [1.29, 1.82) is 0 Å². The van der Waals surface area contributed by atoms with Gasteiger partial charge in [-0.25, -0.2) is 0 Å². The molecule has 0 aliphatic heterocycles. The third-order valence-electron chi connectivity index (χ3n) is 2.93. The fraction of sp³-hybridized carbons (Fsp3) is 0.375. The molecule has 0 nitrogen and oxygen atoms in total. The maximum Gasteiger partial charge on any atom is -0.0187 e. The fourth-order valence-corrected chi connectivity index (χ4v) is 2.13. The summed E-state index contributed by atoms with van der Waals surface area (Å²) < 4.78 is 0. The summed E-state index contributed by atoms with van der Waals surface area (Å²) in [6.07, 6.45) is 10.4. The second-order valence-corrected chi connectivity index (χ2v) is 4.93. The van der Waals surface area contributed by atoms with Crippen LogP contribution in [0.2, 0.25) is 0 Å². The van der Waals surface area contributed by atoms with E-state index in [-0.39, 0.29) is 0 Å². The molecule has 0 fully saturated rings. The summed E-state index contributed by atoms with van der Waals surface area (Å²) in [5.41, 5.74) is 4.17. The molecule has 1 aliphatic carbocycles. The molecule has 0 unspecified atom stereocenters. The first kappa shape index (κ1) is 11.2. The smallest absolute Gasteiger partial charge is 0.0187 e. The molecule has 0 bridgehead atoms. The molecule has 0 saturated carbocycles. The Morgan fingerprint density at radius 1 is 1.06 bits per heavy atom. The van der Waals surface area contributed by atoms with Crippen molar-refractivity contribution in [3.05, 3.63) is 53.6 Å². The lowest BCUT2D eigenvalue weighted by molar-refractivity contribution is 0.647. The van der Waals surface area contributed by atoms with Gasteiger partial charge in [0.2, 0.25) is 0 Å². The zero-order chi connectivity index (χ0) is 11.4. The molecule has 1 aromatic rings. The first-order valence-electron chi connectivity index (χ1n) is 6.22. The Bertz CT molecular complexity index is 391. The summed E-state index contributed by atoms with van der Waals surface area (Å²) in [6.45, 7) is 4.53. The molecule has 0 N–H and O–H groups in total. The van der Waals surface area contributed by atoms with Crippen molar-refractivity contribution in [2.45, 2.75) is 33.1 Å². The van der Waals surface area contributed by atoms with Gasteiger partial charge in [0.1, 0.15) is 0 Å². The van der Waals surface area contributed by atoms with Crippen LogP contribution < -0.4 is 0 Å². The lowest BCUT2D eigenvalue weighted by atomic mass is 9.96. The van der Waals surface area contributed by atoms with E-state index in [0.717, 1.165) is 5.92 Å². The van der Waals surface area contributed by atoms with E-state index in [9.17, 15) is 0 Å². The van der Waals surface area contributed by atoms with Crippen LogP contribution in [-0.4, -0.2) is 0 Å². The monoisotopic (exact) mass is 212 g/mol. The molecular weight excluding hydrogens is 192 g/mol. The average molecular weight is 212 g/mol. The van der Waals surface area contributed by atoms with Gasteiger partial charge in [0, 0.05) is 0 Å². The molecular formula is C16H20. The standard InChI is InChI=1S/C16H20/c1-13(2)12-14-8-10-16(11-9-14)15-6-4-3-5-7-15/h4,6-11,13H,3,5,12H2,1-2H3. The van der Waals surface area contributed by atoms with Gasteiger partial charge in [0.05, 0.1) is 0 Å². The van der Waals surface area contributed by atoms with Crippen LogP contribution in [0, 0.1) is 5.92 Å². The Morgan fingerprint density at radius 3 is 2.38 bits per heavy atom. The lowest BCUT2D eigenvalue weighted by Gasteiger charge is -2.09. The van der Waals surface area contributed by atoms with Gasteiger partial charge >= 0.3 is 0 Å². The molecule has 0 heterocycles. The van der Waals surface area contributed by atoms with Crippen molar-refractivity contribution in [1.82, 2.24) is 0 Å². The molecule has 2 rings (SSSR count). The SMILES string of the molecule is CC(C)Cc1ccc(C2=CCCC=C2)cc1. The first-order valence-corrected chi connectivity index (χ1v) is 6.22. The first-order chi connectivity index (χ1) is 7.75. The zero-order valence-corrected chi connectivity index (χ0v) is 10.2. The van der Waals surface area contributed by atoms with Gasteiger partial charge in [-0.3, -0.25) is 0 Å². The van der Waals surface area contributed by atoms with Gasteiger partial charge in [-0.2, -0.15) is 0 Å². The van der Waals surface area contributed by atoms with Gasteiger partial charge in [0.15, 0.2) is 0 Å². The molecule has 0 radical (unpaired) electrons. The van der Waals surface area contributed by atoms with Crippen LogP contribution in [0.5, 0.6) is 0 Å². The second-order valence-electron chi connectivity index (χ2n) is 4.93. The minimum atomic E-state index is 0.736. The minimum absolute atomic E-state index is 0.736. The van der Waals surface area contributed by atoms with E-state index in [1.54, 1.807) is 0 Å². The highest BCUT2D eigenvalue weighted by atomic mass is 14.1. The summed E-state index contributed by atoms with van der Waals surface area (Å²) in [4.78, 5) is 0. The molecule has 1 aliphatic rings. The van der Waals surface area contributed by atoms with Crippen molar-refractivity contribution >= 4 is 5.57 Å². The van der Waals surface area contributed by atoms with Gasteiger partial charge in [-0.1, -0.05) is 56.3 Å². The van der Waals surface area contributed by atoms with E-state index >= 15 is 0 Å². The molecule has 16 heavy (non-hydrogen) atoms. The molecule has 0 saturated heterocycles. The highest BCUT2D eigenvalue weighted by Gasteiger charge is 2.02. The summed E-state index contributed by atoms with van der Waals surface area (Å²) >= 11 is 0. The van der Waals surface area contributed by atoms with Crippen LogP contribution in [0.4, 0.5) is 0 Å². The van der Waals surface area contributed by atoms with Crippen molar-refractivity contribution in [2.24, 2.45) is 5.92 Å². The van der Waals surface area contributed by atoms with Gasteiger partial charge in [-0.05, 0) is 41.9 Å². The van der Waals surface area contributed by atoms with Crippen LogP contribution in [-0.2, 0) is 6.42 Å². The Labute approximate surface area is 98.7 Å². The van der Waals surface area contributed by atoms with Crippen molar-refractivity contribution in [3.8, 4) is 0 Å². The van der Waals surface area contributed by atoms with Crippen LogP contribution in [0.3, 0.4) is 0 Å². The second kappa shape index (κ2) is 5.16.